The molecule has 4 rings (SSSR count). The van der Waals surface area contributed by atoms with Gasteiger partial charge in [0.05, 0.1) is 17.6 Å². The molecule has 2 fully saturated rings. The van der Waals surface area contributed by atoms with Crippen LogP contribution in [0.4, 0.5) is 13.2 Å². The monoisotopic (exact) mass is 479 g/mol. The molecule has 0 radical (unpaired) electrons. The molecule has 188 valence electrons. The number of ether oxygens (including phenoxy) is 1. The molecular formula is C26H36F3N3O2. The summed E-state index contributed by atoms with van der Waals surface area (Å²) >= 11 is 0. The molecule has 3 aliphatic rings. The predicted octanol–water partition coefficient (Wildman–Crippen LogP) is 4.93. The van der Waals surface area contributed by atoms with Crippen LogP contribution in [-0.4, -0.2) is 54.2 Å². The molecule has 0 aromatic carbocycles. The second-order valence-electron chi connectivity index (χ2n) is 10.6. The molecule has 1 aromatic rings. The van der Waals surface area contributed by atoms with Crippen molar-refractivity contribution in [2.24, 2.45) is 17.3 Å². The van der Waals surface area contributed by atoms with Gasteiger partial charge in [0.1, 0.15) is 0 Å². The van der Waals surface area contributed by atoms with Crippen LogP contribution in [0.1, 0.15) is 64.0 Å². The number of amides is 1. The number of nitrogens with one attached hydrogen (secondary N) is 1. The van der Waals surface area contributed by atoms with E-state index in [1.807, 2.05) is 11.0 Å². The van der Waals surface area contributed by atoms with E-state index in [0.29, 0.717) is 43.1 Å². The average molecular weight is 480 g/mol. The lowest BCUT2D eigenvalue weighted by Crippen LogP contribution is -2.49. The van der Waals surface area contributed by atoms with Crippen molar-refractivity contribution in [2.75, 3.05) is 26.3 Å². The van der Waals surface area contributed by atoms with Gasteiger partial charge in [0.25, 0.3) is 0 Å². The predicted molar refractivity (Wildman–Crippen MR) is 125 cm³/mol. The first kappa shape index (κ1) is 25.2. The second kappa shape index (κ2) is 9.97. The van der Waals surface area contributed by atoms with Crippen molar-refractivity contribution in [1.29, 1.82) is 0 Å². The first-order valence-electron chi connectivity index (χ1n) is 12.4. The van der Waals surface area contributed by atoms with Gasteiger partial charge in [-0.2, -0.15) is 13.2 Å². The molecule has 3 heterocycles. The maximum absolute atomic E-state index is 13.8. The van der Waals surface area contributed by atoms with Gasteiger partial charge in [-0.1, -0.05) is 26.8 Å². The second-order valence-corrected chi connectivity index (χ2v) is 10.6. The standard InChI is InChI=1S/C26H36F3N3O2/c1-17(2)25(8-4-22(13-25)31-23-7-11-34-16-18(23)3)24(33)32-9-5-19(6-10-32)20-12-21(15-30-14-20)26(27,28)29/h5,12,14-15,17-18,22-23,31H,4,6-11,13,16H2,1-3H3/t18?,22-,23?,25?/m1/s1. The molecule has 4 atom stereocenters. The fraction of sp³-hybridized carbons (Fsp3) is 0.692. The van der Waals surface area contributed by atoms with Gasteiger partial charge in [0.2, 0.25) is 5.91 Å². The van der Waals surface area contributed by atoms with Crippen molar-refractivity contribution in [3.63, 3.8) is 0 Å². The zero-order chi connectivity index (χ0) is 24.5. The Labute approximate surface area is 200 Å². The maximum atomic E-state index is 13.8. The molecule has 0 spiro atoms. The molecule has 1 saturated carbocycles. The molecule has 1 amide bonds. The molecule has 34 heavy (non-hydrogen) atoms. The summed E-state index contributed by atoms with van der Waals surface area (Å²) in [6.45, 7) is 8.99. The highest BCUT2D eigenvalue weighted by Crippen LogP contribution is 2.46. The van der Waals surface area contributed by atoms with Gasteiger partial charge >= 0.3 is 6.18 Å². The lowest BCUT2D eigenvalue weighted by atomic mass is 9.74. The number of rotatable bonds is 5. The zero-order valence-electron chi connectivity index (χ0n) is 20.3. The van der Waals surface area contributed by atoms with Crippen molar-refractivity contribution in [3.05, 3.63) is 35.7 Å². The summed E-state index contributed by atoms with van der Waals surface area (Å²) < 4.78 is 44.8. The van der Waals surface area contributed by atoms with Crippen molar-refractivity contribution < 1.29 is 22.7 Å². The molecule has 2 aliphatic heterocycles. The van der Waals surface area contributed by atoms with E-state index in [1.165, 1.54) is 6.20 Å². The minimum atomic E-state index is -4.42. The van der Waals surface area contributed by atoms with Crippen LogP contribution < -0.4 is 5.32 Å². The quantitative estimate of drug-likeness (QED) is 0.651. The number of pyridine rings is 1. The third kappa shape index (κ3) is 5.18. The summed E-state index contributed by atoms with van der Waals surface area (Å²) in [6.07, 6.45) is 4.01. The zero-order valence-corrected chi connectivity index (χ0v) is 20.3. The largest absolute Gasteiger partial charge is 0.417 e. The van der Waals surface area contributed by atoms with Crippen LogP contribution in [0.15, 0.2) is 24.5 Å². The molecule has 1 aliphatic carbocycles. The van der Waals surface area contributed by atoms with Gasteiger partial charge in [0.15, 0.2) is 0 Å². The van der Waals surface area contributed by atoms with E-state index in [2.05, 4.69) is 31.1 Å². The van der Waals surface area contributed by atoms with Crippen molar-refractivity contribution >= 4 is 11.5 Å². The molecule has 8 heteroatoms. The highest BCUT2D eigenvalue weighted by molar-refractivity contribution is 5.84. The van der Waals surface area contributed by atoms with Crippen LogP contribution >= 0.6 is 0 Å². The van der Waals surface area contributed by atoms with Crippen LogP contribution in [0.25, 0.3) is 5.57 Å². The van der Waals surface area contributed by atoms with Gasteiger partial charge in [-0.15, -0.1) is 0 Å². The molecule has 1 N–H and O–H groups in total. The molecule has 1 aromatic heterocycles. The topological polar surface area (TPSA) is 54.5 Å². The van der Waals surface area contributed by atoms with E-state index >= 15 is 0 Å². The van der Waals surface area contributed by atoms with E-state index < -0.39 is 17.2 Å². The molecule has 0 bridgehead atoms. The highest BCUT2D eigenvalue weighted by atomic mass is 19.4. The van der Waals surface area contributed by atoms with Gasteiger partial charge < -0.3 is 15.0 Å². The summed E-state index contributed by atoms with van der Waals surface area (Å²) in [5.74, 6) is 0.871. The summed E-state index contributed by atoms with van der Waals surface area (Å²) in [5.41, 5.74) is 0.165. The lowest BCUT2D eigenvalue weighted by molar-refractivity contribution is -0.144. The Morgan fingerprint density at radius 3 is 2.74 bits per heavy atom. The number of hydrogen-bond donors (Lipinski definition) is 1. The highest BCUT2D eigenvalue weighted by Gasteiger charge is 2.49. The fourth-order valence-electron chi connectivity index (χ4n) is 5.82. The van der Waals surface area contributed by atoms with Gasteiger partial charge in [0, 0.05) is 44.2 Å². The molecule has 3 unspecified atom stereocenters. The van der Waals surface area contributed by atoms with E-state index in [0.717, 1.165) is 56.7 Å². The smallest absolute Gasteiger partial charge is 0.381 e. The van der Waals surface area contributed by atoms with Crippen molar-refractivity contribution in [1.82, 2.24) is 15.2 Å². The van der Waals surface area contributed by atoms with Crippen LogP contribution in [0.3, 0.4) is 0 Å². The lowest BCUT2D eigenvalue weighted by Gasteiger charge is -2.39. The van der Waals surface area contributed by atoms with Gasteiger partial charge in [-0.25, -0.2) is 0 Å². The van der Waals surface area contributed by atoms with Crippen molar-refractivity contribution in [3.8, 4) is 0 Å². The molecule has 5 nitrogen and oxygen atoms in total. The number of aromatic nitrogens is 1. The Hall–Kier alpha value is -1.93. The van der Waals surface area contributed by atoms with E-state index in [9.17, 15) is 18.0 Å². The number of carbonyl (C=O) groups is 1. The Morgan fingerprint density at radius 2 is 2.09 bits per heavy atom. The van der Waals surface area contributed by atoms with E-state index in [-0.39, 0.29) is 11.8 Å². The Kier molecular flexibility index (Phi) is 7.38. The third-order valence-corrected chi connectivity index (χ3v) is 8.10. The Morgan fingerprint density at radius 1 is 1.29 bits per heavy atom. The molecular weight excluding hydrogens is 443 g/mol. The number of carbonyl (C=O) groups excluding carboxylic acids is 1. The van der Waals surface area contributed by atoms with Crippen LogP contribution in [-0.2, 0) is 15.7 Å². The summed E-state index contributed by atoms with van der Waals surface area (Å²) in [6, 6.07) is 1.90. The van der Waals surface area contributed by atoms with Crippen LogP contribution in [0.2, 0.25) is 0 Å². The average Bonchev–Trinajstić information content (AvgIpc) is 3.25. The minimum Gasteiger partial charge on any atom is -0.381 e. The summed E-state index contributed by atoms with van der Waals surface area (Å²) in [7, 11) is 0. The third-order valence-electron chi connectivity index (χ3n) is 8.10. The number of hydrogen-bond acceptors (Lipinski definition) is 4. The fourth-order valence-corrected chi connectivity index (χ4v) is 5.82. The van der Waals surface area contributed by atoms with Gasteiger partial charge in [-0.05, 0) is 61.1 Å². The number of alkyl halides is 3. The normalized spacial score (nSPS) is 30.5. The Balaban J connectivity index is 1.43. The first-order chi connectivity index (χ1) is 16.1. The first-order valence-corrected chi connectivity index (χ1v) is 12.4. The summed E-state index contributed by atoms with van der Waals surface area (Å²) in [5, 5.41) is 3.82. The minimum absolute atomic E-state index is 0.185. The van der Waals surface area contributed by atoms with E-state index in [4.69, 9.17) is 4.74 Å². The Bertz CT molecular complexity index is 917. The number of halogens is 3. The van der Waals surface area contributed by atoms with Crippen molar-refractivity contribution in [2.45, 2.75) is 71.1 Å². The molecule has 1 saturated heterocycles. The number of nitrogens with zero attached hydrogens (tertiary/aromatic N) is 2. The van der Waals surface area contributed by atoms with E-state index in [1.54, 1.807) is 0 Å². The SMILES string of the molecule is CC1COCCC1N[C@@H]1CCC(C(=O)N2CC=C(c3cncc(C(F)(F)F)c3)CC2)(C(C)C)C1. The van der Waals surface area contributed by atoms with Crippen LogP contribution in [0, 0.1) is 17.3 Å². The van der Waals surface area contributed by atoms with Crippen LogP contribution in [0.5, 0.6) is 0 Å². The maximum Gasteiger partial charge on any atom is 0.417 e. The van der Waals surface area contributed by atoms with Gasteiger partial charge in [-0.3, -0.25) is 9.78 Å². The summed E-state index contributed by atoms with van der Waals surface area (Å²) in [4.78, 5) is 19.5.